The number of anilines is 1. The summed E-state index contributed by atoms with van der Waals surface area (Å²) in [6.45, 7) is 1.97. The lowest BCUT2D eigenvalue weighted by Crippen LogP contribution is -2.32. The highest BCUT2D eigenvalue weighted by Crippen LogP contribution is 2.16. The first-order chi connectivity index (χ1) is 9.15. The summed E-state index contributed by atoms with van der Waals surface area (Å²) in [4.78, 5) is 4.09. The van der Waals surface area contributed by atoms with Crippen LogP contribution in [0.15, 0.2) is 53.3 Å². The number of aliphatic hydroxyl groups is 1. The Morgan fingerprint density at radius 2 is 2.00 bits per heavy atom. The molecule has 19 heavy (non-hydrogen) atoms. The quantitative estimate of drug-likeness (QED) is 0.888. The van der Waals surface area contributed by atoms with Gasteiger partial charge in [-0.15, -0.1) is 0 Å². The average Bonchev–Trinajstić information content (AvgIpc) is 2.40. The van der Waals surface area contributed by atoms with Gasteiger partial charge in [0.05, 0.1) is 18.0 Å². The van der Waals surface area contributed by atoms with Gasteiger partial charge in [0.15, 0.2) is 0 Å². The predicted octanol–water partition coefficient (Wildman–Crippen LogP) is 3.25. The van der Waals surface area contributed by atoms with Crippen LogP contribution in [0.3, 0.4) is 0 Å². The molecule has 0 aliphatic heterocycles. The van der Waals surface area contributed by atoms with Gasteiger partial charge >= 0.3 is 0 Å². The first kappa shape index (κ1) is 14.0. The molecule has 0 aliphatic carbocycles. The Hall–Kier alpha value is -1.39. The molecular weight excluding hydrogens is 304 g/mol. The molecule has 1 aromatic carbocycles. The van der Waals surface area contributed by atoms with Crippen molar-refractivity contribution in [1.82, 2.24) is 4.98 Å². The van der Waals surface area contributed by atoms with Crippen molar-refractivity contribution in [2.75, 3.05) is 5.32 Å². The summed E-state index contributed by atoms with van der Waals surface area (Å²) in [5.41, 5.74) is 2.03. The minimum absolute atomic E-state index is 0.0451. The molecule has 0 saturated heterocycles. The minimum atomic E-state index is -0.443. The largest absolute Gasteiger partial charge is 0.391 e. The van der Waals surface area contributed by atoms with Crippen molar-refractivity contribution in [3.63, 3.8) is 0 Å². The van der Waals surface area contributed by atoms with Crippen LogP contribution in [0.2, 0.25) is 0 Å². The van der Waals surface area contributed by atoms with E-state index in [0.29, 0.717) is 6.42 Å². The second-order valence-corrected chi connectivity index (χ2v) is 5.50. The minimum Gasteiger partial charge on any atom is -0.391 e. The number of aliphatic hydroxyl groups excluding tert-OH is 1. The fraction of sp³-hybridized carbons (Fsp3) is 0.267. The maximum Gasteiger partial charge on any atom is 0.0778 e. The van der Waals surface area contributed by atoms with E-state index in [4.69, 9.17) is 0 Å². The normalized spacial score (nSPS) is 13.8. The number of benzene rings is 1. The number of hydrogen-bond donors (Lipinski definition) is 2. The van der Waals surface area contributed by atoms with E-state index < -0.39 is 6.10 Å². The molecule has 1 aromatic heterocycles. The Bertz CT molecular complexity index is 519. The molecule has 100 valence electrons. The van der Waals surface area contributed by atoms with Crippen molar-refractivity contribution >= 4 is 21.6 Å². The Morgan fingerprint density at radius 1 is 1.26 bits per heavy atom. The number of aromatic nitrogens is 1. The summed E-state index contributed by atoms with van der Waals surface area (Å²) < 4.78 is 0.919. The van der Waals surface area contributed by atoms with Crippen LogP contribution >= 0.6 is 15.9 Å². The lowest BCUT2D eigenvalue weighted by Gasteiger charge is -2.21. The average molecular weight is 321 g/mol. The van der Waals surface area contributed by atoms with E-state index in [2.05, 4.69) is 26.2 Å². The van der Waals surface area contributed by atoms with Gasteiger partial charge in [-0.1, -0.05) is 30.3 Å². The summed E-state index contributed by atoms with van der Waals surface area (Å²) in [6.07, 6.45) is 3.67. The second kappa shape index (κ2) is 6.68. The van der Waals surface area contributed by atoms with Crippen LogP contribution in [0, 0.1) is 0 Å². The van der Waals surface area contributed by atoms with Gasteiger partial charge in [-0.2, -0.15) is 0 Å². The molecule has 3 nitrogen and oxygen atoms in total. The number of rotatable bonds is 5. The smallest absolute Gasteiger partial charge is 0.0778 e. The van der Waals surface area contributed by atoms with Gasteiger partial charge in [-0.25, -0.2) is 0 Å². The standard InChI is InChI=1S/C15H17BrN2O/c1-11(18-14-8-13(16)9-17-10-14)15(19)7-12-5-3-2-4-6-12/h2-6,8-11,15,18-19H,7H2,1H3. The molecule has 4 heteroatoms. The van der Waals surface area contributed by atoms with Crippen molar-refractivity contribution in [1.29, 1.82) is 0 Å². The maximum absolute atomic E-state index is 10.2. The molecule has 0 fully saturated rings. The monoisotopic (exact) mass is 320 g/mol. The maximum atomic E-state index is 10.2. The lowest BCUT2D eigenvalue weighted by atomic mass is 10.0. The molecule has 0 amide bonds. The Labute approximate surface area is 121 Å². The van der Waals surface area contributed by atoms with Crippen molar-refractivity contribution in [3.05, 3.63) is 58.8 Å². The molecule has 2 aromatic rings. The first-order valence-electron chi connectivity index (χ1n) is 6.24. The molecule has 1 heterocycles. The van der Waals surface area contributed by atoms with Crippen LogP contribution in [0.5, 0.6) is 0 Å². The van der Waals surface area contributed by atoms with Crippen LogP contribution in [-0.2, 0) is 6.42 Å². The number of nitrogens with one attached hydrogen (secondary N) is 1. The van der Waals surface area contributed by atoms with Crippen LogP contribution in [-0.4, -0.2) is 22.2 Å². The third kappa shape index (κ3) is 4.33. The summed E-state index contributed by atoms with van der Waals surface area (Å²) in [5.74, 6) is 0. The molecule has 0 aliphatic rings. The second-order valence-electron chi connectivity index (χ2n) is 4.58. The highest BCUT2D eigenvalue weighted by atomic mass is 79.9. The van der Waals surface area contributed by atoms with E-state index in [1.54, 1.807) is 12.4 Å². The van der Waals surface area contributed by atoms with E-state index in [-0.39, 0.29) is 6.04 Å². The van der Waals surface area contributed by atoms with Gasteiger partial charge in [0.2, 0.25) is 0 Å². The fourth-order valence-electron chi connectivity index (χ4n) is 1.88. The lowest BCUT2D eigenvalue weighted by molar-refractivity contribution is 0.158. The zero-order chi connectivity index (χ0) is 13.7. The summed E-state index contributed by atoms with van der Waals surface area (Å²) >= 11 is 3.38. The number of hydrogen-bond acceptors (Lipinski definition) is 3. The topological polar surface area (TPSA) is 45.2 Å². The molecule has 2 N–H and O–H groups in total. The third-order valence-corrected chi connectivity index (χ3v) is 3.40. The third-order valence-electron chi connectivity index (χ3n) is 2.96. The Morgan fingerprint density at radius 3 is 2.68 bits per heavy atom. The summed E-state index contributed by atoms with van der Waals surface area (Å²) in [6, 6.07) is 11.9. The summed E-state index contributed by atoms with van der Waals surface area (Å²) in [7, 11) is 0. The van der Waals surface area contributed by atoms with Crippen molar-refractivity contribution in [2.45, 2.75) is 25.5 Å². The molecule has 0 saturated carbocycles. The molecule has 2 unspecified atom stereocenters. The van der Waals surface area contributed by atoms with Gasteiger partial charge < -0.3 is 10.4 Å². The van der Waals surface area contributed by atoms with Gasteiger partial charge in [-0.05, 0) is 34.5 Å². The van der Waals surface area contributed by atoms with E-state index in [1.165, 1.54) is 0 Å². The highest BCUT2D eigenvalue weighted by molar-refractivity contribution is 9.10. The van der Waals surface area contributed by atoms with E-state index >= 15 is 0 Å². The van der Waals surface area contributed by atoms with Gasteiger partial charge in [0, 0.05) is 23.1 Å². The van der Waals surface area contributed by atoms with E-state index in [9.17, 15) is 5.11 Å². The number of halogens is 1. The van der Waals surface area contributed by atoms with Gasteiger partial charge in [0.25, 0.3) is 0 Å². The molecule has 0 bridgehead atoms. The zero-order valence-electron chi connectivity index (χ0n) is 10.8. The highest BCUT2D eigenvalue weighted by Gasteiger charge is 2.14. The van der Waals surface area contributed by atoms with E-state index in [0.717, 1.165) is 15.7 Å². The predicted molar refractivity (Wildman–Crippen MR) is 81.2 cm³/mol. The van der Waals surface area contributed by atoms with Crippen molar-refractivity contribution in [3.8, 4) is 0 Å². The number of pyridine rings is 1. The SMILES string of the molecule is CC(Nc1cncc(Br)c1)C(O)Cc1ccccc1. The fourth-order valence-corrected chi connectivity index (χ4v) is 2.25. The number of nitrogens with zero attached hydrogens (tertiary/aromatic N) is 1. The van der Waals surface area contributed by atoms with Crippen LogP contribution in [0.4, 0.5) is 5.69 Å². The van der Waals surface area contributed by atoms with Crippen molar-refractivity contribution in [2.24, 2.45) is 0 Å². The van der Waals surface area contributed by atoms with Gasteiger partial charge in [-0.3, -0.25) is 4.98 Å². The first-order valence-corrected chi connectivity index (χ1v) is 7.03. The molecule has 2 rings (SSSR count). The van der Waals surface area contributed by atoms with Crippen LogP contribution < -0.4 is 5.32 Å². The Kier molecular flexibility index (Phi) is 4.93. The molecular formula is C15H17BrN2O. The summed E-state index contributed by atoms with van der Waals surface area (Å²) in [5, 5.41) is 13.5. The zero-order valence-corrected chi connectivity index (χ0v) is 12.3. The van der Waals surface area contributed by atoms with Gasteiger partial charge in [0.1, 0.15) is 0 Å². The Balaban J connectivity index is 1.94. The molecule has 2 atom stereocenters. The van der Waals surface area contributed by atoms with Crippen molar-refractivity contribution < 1.29 is 5.11 Å². The molecule has 0 spiro atoms. The molecule has 0 radical (unpaired) electrons. The van der Waals surface area contributed by atoms with E-state index in [1.807, 2.05) is 43.3 Å². The van der Waals surface area contributed by atoms with Crippen LogP contribution in [0.25, 0.3) is 0 Å². The van der Waals surface area contributed by atoms with Crippen LogP contribution in [0.1, 0.15) is 12.5 Å².